The topological polar surface area (TPSA) is 47.4 Å². The molecule has 0 saturated carbocycles. The Labute approximate surface area is 117 Å². The third kappa shape index (κ3) is 2.39. The van der Waals surface area contributed by atoms with Crippen molar-refractivity contribution in [2.24, 2.45) is 7.05 Å². The Morgan fingerprint density at radius 3 is 3.05 bits per heavy atom. The van der Waals surface area contributed by atoms with E-state index in [1.54, 1.807) is 16.9 Å². The van der Waals surface area contributed by atoms with Crippen LogP contribution in [-0.2, 0) is 11.8 Å². The van der Waals surface area contributed by atoms with Gasteiger partial charge in [0.2, 0.25) is 0 Å². The highest BCUT2D eigenvalue weighted by molar-refractivity contribution is 8.01. The van der Waals surface area contributed by atoms with Gasteiger partial charge in [-0.2, -0.15) is 5.10 Å². The molecule has 3 heterocycles. The van der Waals surface area contributed by atoms with Crippen molar-refractivity contribution in [1.82, 2.24) is 14.7 Å². The molecule has 1 spiro atoms. The number of ether oxygens (including phenoxy) is 1. The number of carbonyl (C=O) groups is 1. The number of rotatable bonds is 3. The van der Waals surface area contributed by atoms with E-state index >= 15 is 0 Å². The van der Waals surface area contributed by atoms with Crippen molar-refractivity contribution in [3.8, 4) is 0 Å². The SMILES string of the molecule is CCO[C@@H]1CSC2(C1)CN(C(=O)c1ccn(C)n1)C2. The minimum absolute atomic E-state index is 0.0479. The van der Waals surface area contributed by atoms with E-state index in [-0.39, 0.29) is 10.7 Å². The zero-order valence-corrected chi connectivity index (χ0v) is 12.2. The van der Waals surface area contributed by atoms with Crippen LogP contribution in [0.25, 0.3) is 0 Å². The molecular formula is C13H19N3O2S. The van der Waals surface area contributed by atoms with Gasteiger partial charge in [0.1, 0.15) is 5.69 Å². The van der Waals surface area contributed by atoms with Crippen LogP contribution in [0.1, 0.15) is 23.8 Å². The third-order valence-electron chi connectivity index (χ3n) is 3.76. The largest absolute Gasteiger partial charge is 0.378 e. The van der Waals surface area contributed by atoms with E-state index in [4.69, 9.17) is 4.74 Å². The number of carbonyl (C=O) groups excluding carboxylic acids is 1. The van der Waals surface area contributed by atoms with E-state index in [1.807, 2.05) is 30.6 Å². The van der Waals surface area contributed by atoms with Crippen LogP contribution in [0.5, 0.6) is 0 Å². The summed E-state index contributed by atoms with van der Waals surface area (Å²) in [6.07, 6.45) is 3.23. The zero-order valence-electron chi connectivity index (χ0n) is 11.3. The standard InChI is InChI=1S/C13H19N3O2S/c1-3-18-10-6-13(19-7-10)8-16(9-13)12(17)11-4-5-15(2)14-11/h4-5,10H,3,6-9H2,1-2H3/t10-/m0/s1. The second-order valence-electron chi connectivity index (χ2n) is 5.31. The summed E-state index contributed by atoms with van der Waals surface area (Å²) in [6, 6.07) is 1.78. The molecule has 0 aliphatic carbocycles. The minimum atomic E-state index is 0.0479. The van der Waals surface area contributed by atoms with Crippen LogP contribution in [0.3, 0.4) is 0 Å². The summed E-state index contributed by atoms with van der Waals surface area (Å²) in [5.41, 5.74) is 0.543. The first-order chi connectivity index (χ1) is 9.12. The fourth-order valence-electron chi connectivity index (χ4n) is 2.85. The summed E-state index contributed by atoms with van der Waals surface area (Å²) in [6.45, 7) is 4.47. The summed E-state index contributed by atoms with van der Waals surface area (Å²) in [4.78, 5) is 14.1. The van der Waals surface area contributed by atoms with Crippen molar-refractivity contribution in [1.29, 1.82) is 0 Å². The highest BCUT2D eigenvalue weighted by Crippen LogP contribution is 2.46. The van der Waals surface area contributed by atoms with E-state index in [1.165, 1.54) is 0 Å². The quantitative estimate of drug-likeness (QED) is 0.834. The molecule has 1 atom stereocenters. The first-order valence-corrected chi connectivity index (χ1v) is 7.65. The smallest absolute Gasteiger partial charge is 0.274 e. The molecule has 6 heteroatoms. The van der Waals surface area contributed by atoms with Gasteiger partial charge in [0.15, 0.2) is 0 Å². The van der Waals surface area contributed by atoms with Gasteiger partial charge in [-0.3, -0.25) is 9.48 Å². The molecule has 0 unspecified atom stereocenters. The van der Waals surface area contributed by atoms with Crippen LogP contribution in [0, 0.1) is 0 Å². The molecule has 2 fully saturated rings. The van der Waals surface area contributed by atoms with E-state index in [9.17, 15) is 4.79 Å². The minimum Gasteiger partial charge on any atom is -0.378 e. The maximum absolute atomic E-state index is 12.2. The molecule has 104 valence electrons. The van der Waals surface area contributed by atoms with Crippen molar-refractivity contribution >= 4 is 17.7 Å². The van der Waals surface area contributed by atoms with Crippen molar-refractivity contribution in [3.05, 3.63) is 18.0 Å². The first kappa shape index (κ1) is 13.0. The van der Waals surface area contributed by atoms with Gasteiger partial charge in [0.25, 0.3) is 5.91 Å². The lowest BCUT2D eigenvalue weighted by Crippen LogP contribution is -2.60. The number of thioether (sulfide) groups is 1. The maximum Gasteiger partial charge on any atom is 0.274 e. The Morgan fingerprint density at radius 2 is 2.42 bits per heavy atom. The Morgan fingerprint density at radius 1 is 1.63 bits per heavy atom. The number of hydrogen-bond acceptors (Lipinski definition) is 4. The Hall–Kier alpha value is -1.01. The second-order valence-corrected chi connectivity index (χ2v) is 6.80. The number of hydrogen-bond donors (Lipinski definition) is 0. The molecule has 2 aliphatic heterocycles. The normalized spacial score (nSPS) is 24.7. The van der Waals surface area contributed by atoms with Crippen LogP contribution in [0.4, 0.5) is 0 Å². The lowest BCUT2D eigenvalue weighted by Gasteiger charge is -2.47. The fraction of sp³-hybridized carbons (Fsp3) is 0.692. The summed E-state index contributed by atoms with van der Waals surface area (Å²) in [5.74, 6) is 1.10. The van der Waals surface area contributed by atoms with Gasteiger partial charge in [-0.1, -0.05) is 0 Å². The Bertz CT molecular complexity index is 482. The van der Waals surface area contributed by atoms with Gasteiger partial charge in [-0.15, -0.1) is 11.8 Å². The number of amides is 1. The van der Waals surface area contributed by atoms with Crippen LogP contribution in [0.2, 0.25) is 0 Å². The fourth-order valence-corrected chi connectivity index (χ4v) is 4.40. The van der Waals surface area contributed by atoms with Gasteiger partial charge in [0.05, 0.1) is 10.9 Å². The molecule has 0 N–H and O–H groups in total. The van der Waals surface area contributed by atoms with Gasteiger partial charge in [-0.05, 0) is 19.4 Å². The molecule has 0 aromatic carbocycles. The lowest BCUT2D eigenvalue weighted by molar-refractivity contribution is 0.0355. The predicted octanol–water partition coefficient (Wildman–Crippen LogP) is 1.16. The van der Waals surface area contributed by atoms with Crippen molar-refractivity contribution < 1.29 is 9.53 Å². The van der Waals surface area contributed by atoms with Gasteiger partial charge < -0.3 is 9.64 Å². The highest BCUT2D eigenvalue weighted by Gasteiger charge is 2.51. The predicted molar refractivity (Wildman–Crippen MR) is 74.3 cm³/mol. The summed E-state index contributed by atoms with van der Waals surface area (Å²) < 4.78 is 7.58. The van der Waals surface area contributed by atoms with Gasteiger partial charge >= 0.3 is 0 Å². The van der Waals surface area contributed by atoms with E-state index in [0.29, 0.717) is 11.8 Å². The van der Waals surface area contributed by atoms with E-state index in [0.717, 1.165) is 31.9 Å². The summed E-state index contributed by atoms with van der Waals surface area (Å²) in [7, 11) is 1.83. The molecule has 2 aliphatic rings. The number of likely N-dealkylation sites (tertiary alicyclic amines) is 1. The second kappa shape index (κ2) is 4.83. The number of nitrogens with zero attached hydrogens (tertiary/aromatic N) is 3. The number of aromatic nitrogens is 2. The van der Waals surface area contributed by atoms with Crippen LogP contribution in [-0.4, -0.2) is 56.9 Å². The Kier molecular flexibility index (Phi) is 3.30. The van der Waals surface area contributed by atoms with Gasteiger partial charge in [-0.25, -0.2) is 0 Å². The zero-order chi connectivity index (χ0) is 13.5. The molecule has 0 radical (unpaired) electrons. The van der Waals surface area contributed by atoms with Crippen LogP contribution >= 0.6 is 11.8 Å². The van der Waals surface area contributed by atoms with E-state index < -0.39 is 0 Å². The van der Waals surface area contributed by atoms with Gasteiger partial charge in [0, 0.05) is 38.7 Å². The number of aryl methyl sites for hydroxylation is 1. The van der Waals surface area contributed by atoms with Crippen LogP contribution < -0.4 is 0 Å². The van der Waals surface area contributed by atoms with Crippen LogP contribution in [0.15, 0.2) is 12.3 Å². The average molecular weight is 281 g/mol. The molecule has 1 aromatic rings. The summed E-state index contributed by atoms with van der Waals surface area (Å²) >= 11 is 1.96. The molecule has 1 amide bonds. The Balaban J connectivity index is 1.57. The monoisotopic (exact) mass is 281 g/mol. The molecule has 2 saturated heterocycles. The molecule has 19 heavy (non-hydrogen) atoms. The van der Waals surface area contributed by atoms with Crippen molar-refractivity contribution in [3.63, 3.8) is 0 Å². The molecule has 0 bridgehead atoms. The average Bonchev–Trinajstić information content (AvgIpc) is 2.94. The highest BCUT2D eigenvalue weighted by atomic mass is 32.2. The summed E-state index contributed by atoms with van der Waals surface area (Å²) in [5, 5.41) is 4.17. The molecule has 5 nitrogen and oxygen atoms in total. The maximum atomic E-state index is 12.2. The molecule has 1 aromatic heterocycles. The van der Waals surface area contributed by atoms with Crippen molar-refractivity contribution in [2.45, 2.75) is 24.2 Å². The molecular weight excluding hydrogens is 262 g/mol. The lowest BCUT2D eigenvalue weighted by atomic mass is 9.92. The molecule has 3 rings (SSSR count). The van der Waals surface area contributed by atoms with E-state index in [2.05, 4.69) is 5.10 Å². The van der Waals surface area contributed by atoms with Crippen molar-refractivity contribution in [2.75, 3.05) is 25.4 Å². The third-order valence-corrected chi connectivity index (χ3v) is 5.33. The first-order valence-electron chi connectivity index (χ1n) is 6.66.